The van der Waals surface area contributed by atoms with E-state index < -0.39 is 18.4 Å². The van der Waals surface area contributed by atoms with E-state index in [9.17, 15) is 0 Å². The third-order valence-corrected chi connectivity index (χ3v) is 6.26. The van der Waals surface area contributed by atoms with Crippen LogP contribution in [0.15, 0.2) is 10.6 Å². The molecule has 0 amide bonds. The normalized spacial score (nSPS) is 12.0. The topological polar surface area (TPSA) is 26.0 Å². The molecule has 0 atom stereocenters. The average molecular weight is 246 g/mol. The third kappa shape index (κ3) is 1.75. The Morgan fingerprint density at radius 1 is 1.40 bits per heavy atom. The monoisotopic (exact) mass is 247 g/mol. The summed E-state index contributed by atoms with van der Waals surface area (Å²) in [4.78, 5) is 6.94. The zero-order valence-corrected chi connectivity index (χ0v) is 9.79. The molecule has 0 spiro atoms. The fourth-order valence-corrected chi connectivity index (χ4v) is 3.46. The van der Waals surface area contributed by atoms with Gasteiger partial charge in [-0.25, -0.2) is 0 Å². The zero-order valence-electron chi connectivity index (χ0n) is 6.93. The number of nitrogens with zero attached hydrogens (tertiary/aromatic N) is 1. The van der Waals surface area contributed by atoms with Gasteiger partial charge in [0.05, 0.1) is 0 Å². The van der Waals surface area contributed by atoms with E-state index in [1.807, 2.05) is 6.92 Å². The molecule has 1 aromatic heterocycles. The quantitative estimate of drug-likeness (QED) is 0.702. The van der Waals surface area contributed by atoms with Crippen LogP contribution >= 0.6 is 0 Å². The van der Waals surface area contributed by atoms with Gasteiger partial charge in [-0.05, 0) is 0 Å². The summed E-state index contributed by atoms with van der Waals surface area (Å²) in [6.07, 6.45) is 0. The van der Waals surface area contributed by atoms with Crippen LogP contribution in [-0.2, 0) is 0 Å². The van der Waals surface area contributed by atoms with E-state index in [0.717, 1.165) is 9.47 Å². The van der Waals surface area contributed by atoms with Gasteiger partial charge in [0.25, 0.3) is 0 Å². The van der Waals surface area contributed by atoms with Gasteiger partial charge in [-0.15, -0.1) is 0 Å². The summed E-state index contributed by atoms with van der Waals surface area (Å²) in [6.45, 7) is 1.96. The molecule has 1 rings (SSSR count). The summed E-state index contributed by atoms with van der Waals surface area (Å²) in [5, 5.41) is 3.86. The molecule has 0 aliphatic heterocycles. The van der Waals surface area contributed by atoms with Gasteiger partial charge < -0.3 is 0 Å². The second-order valence-electron chi connectivity index (χ2n) is 3.58. The first-order chi connectivity index (χ1) is 4.50. The Balaban J connectivity index is 2.96. The van der Waals surface area contributed by atoms with Crippen molar-refractivity contribution in [3.05, 3.63) is 11.8 Å². The molecule has 10 heavy (non-hydrogen) atoms. The molecule has 0 unspecified atom stereocenters. The number of aromatic nitrogens is 1. The summed E-state index contributed by atoms with van der Waals surface area (Å²) in [5.74, 6) is 0. The van der Waals surface area contributed by atoms with Crippen LogP contribution in [0.4, 0.5) is 0 Å². The molecule has 0 bridgehead atoms. The average Bonchev–Trinajstić information content (AvgIpc) is 2.11. The molecule has 0 saturated heterocycles. The van der Waals surface area contributed by atoms with Crippen molar-refractivity contribution in [1.29, 1.82) is 0 Å². The summed E-state index contributed by atoms with van der Waals surface area (Å²) < 4.78 is 6.33. The van der Waals surface area contributed by atoms with E-state index in [2.05, 4.69) is 26.0 Å². The van der Waals surface area contributed by atoms with Crippen molar-refractivity contribution < 1.29 is 4.52 Å². The van der Waals surface area contributed by atoms with E-state index in [1.54, 1.807) is 0 Å². The van der Waals surface area contributed by atoms with Gasteiger partial charge in [0, 0.05) is 0 Å². The Morgan fingerprint density at radius 2 is 2.00 bits per heavy atom. The molecule has 0 fully saturated rings. The van der Waals surface area contributed by atoms with Gasteiger partial charge in [-0.1, -0.05) is 0 Å². The summed E-state index contributed by atoms with van der Waals surface area (Å²) in [7, 11) is 0. The van der Waals surface area contributed by atoms with Crippen LogP contribution in [-0.4, -0.2) is 23.5 Å². The van der Waals surface area contributed by atoms with E-state index in [0.29, 0.717) is 0 Å². The van der Waals surface area contributed by atoms with E-state index in [4.69, 9.17) is 4.52 Å². The predicted molar refractivity (Wildman–Crippen MR) is 44.2 cm³/mol. The SMILES string of the molecule is Cc1c[c]([Sn]([CH3])([CH3])[CH3])on1. The number of hydrogen-bond donors (Lipinski definition) is 0. The standard InChI is InChI=1S/C4H4NO.3CH3.Sn/c1-4-2-3-6-5-4;;;;/h2H,1H3;3*1H3;. The molecule has 0 radical (unpaired) electrons. The Morgan fingerprint density at radius 3 is 2.20 bits per heavy atom. The van der Waals surface area contributed by atoms with Crippen LogP contribution in [0.3, 0.4) is 0 Å². The van der Waals surface area contributed by atoms with Crippen LogP contribution in [0.25, 0.3) is 0 Å². The minimum absolute atomic E-state index is 1.00. The molecule has 2 nitrogen and oxygen atoms in total. The van der Waals surface area contributed by atoms with Crippen LogP contribution in [0.5, 0.6) is 0 Å². The summed E-state index contributed by atoms with van der Waals surface area (Å²) in [6, 6.07) is 2.07. The molecule has 3 heteroatoms. The van der Waals surface area contributed by atoms with Crippen molar-refractivity contribution in [2.75, 3.05) is 0 Å². The molecule has 0 N–H and O–H groups in total. The van der Waals surface area contributed by atoms with Crippen LogP contribution < -0.4 is 3.78 Å². The van der Waals surface area contributed by atoms with E-state index >= 15 is 0 Å². The molecule has 0 aromatic carbocycles. The molecule has 0 saturated carbocycles. The molecule has 1 heterocycles. The Labute approximate surface area is 65.5 Å². The first-order valence-electron chi connectivity index (χ1n) is 3.44. The van der Waals surface area contributed by atoms with Crippen molar-refractivity contribution in [3.8, 4) is 0 Å². The molecule has 1 aromatic rings. The van der Waals surface area contributed by atoms with Crippen LogP contribution in [0, 0.1) is 6.92 Å². The Bertz CT molecular complexity index is 224. The number of hydrogen-bond acceptors (Lipinski definition) is 2. The number of aryl methyl sites for hydroxylation is 1. The maximum atomic E-state index is 5.17. The van der Waals surface area contributed by atoms with Crippen LogP contribution in [0.2, 0.25) is 14.8 Å². The fourth-order valence-electron chi connectivity index (χ4n) is 0.717. The van der Waals surface area contributed by atoms with Gasteiger partial charge in [0.15, 0.2) is 0 Å². The molecular formula is C7H13NOSn. The first-order valence-corrected chi connectivity index (χ1v) is 13.4. The second-order valence-corrected chi connectivity index (χ2v) is 17.8. The van der Waals surface area contributed by atoms with Crippen molar-refractivity contribution in [1.82, 2.24) is 5.16 Å². The van der Waals surface area contributed by atoms with Crippen molar-refractivity contribution in [3.63, 3.8) is 0 Å². The Kier molecular flexibility index (Phi) is 2.08. The van der Waals surface area contributed by atoms with Gasteiger partial charge in [-0.2, -0.15) is 0 Å². The Hall–Kier alpha value is 0.00870. The van der Waals surface area contributed by atoms with Gasteiger partial charge in [0.2, 0.25) is 0 Å². The molecule has 56 valence electrons. The van der Waals surface area contributed by atoms with Crippen molar-refractivity contribution >= 4 is 22.2 Å². The predicted octanol–water partition coefficient (Wildman–Crippen LogP) is 1.53. The zero-order chi connectivity index (χ0) is 7.78. The van der Waals surface area contributed by atoms with Gasteiger partial charge >= 0.3 is 65.3 Å². The van der Waals surface area contributed by atoms with Gasteiger partial charge in [-0.3, -0.25) is 0 Å². The van der Waals surface area contributed by atoms with E-state index in [-0.39, 0.29) is 0 Å². The van der Waals surface area contributed by atoms with Crippen molar-refractivity contribution in [2.24, 2.45) is 0 Å². The third-order valence-electron chi connectivity index (χ3n) is 1.37. The summed E-state index contributed by atoms with van der Waals surface area (Å²) in [5.41, 5.74) is 1.00. The molecular weight excluding hydrogens is 233 g/mol. The fraction of sp³-hybridized carbons (Fsp3) is 0.571. The molecule has 0 aliphatic rings. The minimum atomic E-state index is -1.92. The molecule has 0 aliphatic carbocycles. The van der Waals surface area contributed by atoms with Crippen LogP contribution in [0.1, 0.15) is 5.69 Å². The van der Waals surface area contributed by atoms with E-state index in [1.165, 1.54) is 0 Å². The van der Waals surface area contributed by atoms with Gasteiger partial charge in [0.1, 0.15) is 0 Å². The maximum absolute atomic E-state index is 5.17. The second kappa shape index (κ2) is 2.57. The van der Waals surface area contributed by atoms with Crippen molar-refractivity contribution in [2.45, 2.75) is 21.7 Å². The number of rotatable bonds is 1. The first kappa shape index (κ1) is 8.11. The summed E-state index contributed by atoms with van der Waals surface area (Å²) >= 11 is -1.92.